The van der Waals surface area contributed by atoms with E-state index in [2.05, 4.69) is 33.9 Å². The van der Waals surface area contributed by atoms with Crippen LogP contribution < -0.4 is 0 Å². The Morgan fingerprint density at radius 2 is 1.16 bits per heavy atom. The van der Waals surface area contributed by atoms with Crippen molar-refractivity contribution in [3.8, 4) is 0 Å². The molecule has 12 atom stereocenters. The molecule has 62 heavy (non-hydrogen) atoms. The number of carbonyl (C=O) groups excluding carboxylic acids is 4. The molecular formula is C42H62Cl6O13Si. The molecule has 1 unspecified atom stereocenters. The van der Waals surface area contributed by atoms with Gasteiger partial charge in [-0.15, -0.1) is 0 Å². The molecular weight excluding hydrogens is 953 g/mol. The summed E-state index contributed by atoms with van der Waals surface area (Å²) >= 11 is 37.3. The van der Waals surface area contributed by atoms with E-state index in [9.17, 15) is 19.2 Å². The van der Waals surface area contributed by atoms with Gasteiger partial charge in [-0.05, 0) is 79.9 Å². The van der Waals surface area contributed by atoms with Crippen LogP contribution in [-0.2, 0) is 61.5 Å². The normalized spacial score (nSPS) is 42.6. The zero-order valence-electron chi connectivity index (χ0n) is 38.1. The second-order valence-corrected chi connectivity index (χ2v) is 30.3. The lowest BCUT2D eigenvalue weighted by Gasteiger charge is -2.51. The molecule has 0 radical (unpaired) electrons. The Morgan fingerprint density at radius 1 is 0.677 bits per heavy atom. The lowest BCUT2D eigenvalue weighted by molar-refractivity contribution is -0.261. The maximum absolute atomic E-state index is 12.0. The molecule has 0 amide bonds. The van der Waals surface area contributed by atoms with Gasteiger partial charge in [-0.25, -0.2) is 0 Å². The standard InChI is InChI=1S/C17H28Cl2O4Si.C14H20Cl2O4.C11H14Cl2O5/c1-14(2,3)24(6,7)23-10-8-16(9-11(20)17(16,18)19)13-12(10)21-15(4,5)22-13;1-7-10(19-11(18)12(3,4)5)8(2)20-13(7)6-9(17)14(13,15)16;1-9(2)16-6-7(17-9)10(18-8(6)15-3)4-5(14)11(10,12)13/h10,12-13H,8-9H2,1-7H3;7-8,10H,6H2,1-5H3;6-8H,4H2,1-3H3/t10-,12-,13-,16+;7-,8-,10?,13-;6-,7+,8-,10+/m001/s1. The highest BCUT2D eigenvalue weighted by atomic mass is 35.5. The highest BCUT2D eigenvalue weighted by molar-refractivity contribution is 6.74. The molecule has 20 heteroatoms. The number of ketones is 3. The second-order valence-electron chi connectivity index (χ2n) is 21.6. The fourth-order valence-corrected chi connectivity index (χ4v) is 12.8. The van der Waals surface area contributed by atoms with Gasteiger partial charge in [0.25, 0.3) is 0 Å². The summed E-state index contributed by atoms with van der Waals surface area (Å²) in [6, 6.07) is 0. The molecule has 3 spiro atoms. The number of fused-ring (bicyclic) bond motifs is 4. The van der Waals surface area contributed by atoms with Gasteiger partial charge in [0.05, 0.1) is 23.7 Å². The first-order valence-electron chi connectivity index (χ1n) is 21.0. The molecule has 4 aliphatic carbocycles. The van der Waals surface area contributed by atoms with Crippen molar-refractivity contribution >= 4 is 101 Å². The maximum Gasteiger partial charge on any atom is 0.311 e. The summed E-state index contributed by atoms with van der Waals surface area (Å²) in [7, 11) is -0.497. The fraction of sp³-hybridized carbons (Fsp3) is 0.905. The van der Waals surface area contributed by atoms with Crippen molar-refractivity contribution in [3.05, 3.63) is 0 Å². The van der Waals surface area contributed by atoms with E-state index in [4.69, 9.17) is 112 Å². The number of rotatable bonds is 4. The Hall–Kier alpha value is 0.117. The number of methoxy groups -OCH3 is 1. The molecule has 0 aromatic rings. The van der Waals surface area contributed by atoms with Crippen LogP contribution in [0.1, 0.15) is 109 Å². The predicted molar refractivity (Wildman–Crippen MR) is 235 cm³/mol. The number of Topliss-reactive ketones (excluding diaryl/α,β-unsaturated/α-hetero) is 3. The third kappa shape index (κ3) is 7.90. The highest BCUT2D eigenvalue weighted by Crippen LogP contribution is 2.67. The molecule has 4 heterocycles. The average Bonchev–Trinajstić information content (AvgIpc) is 3.86. The lowest BCUT2D eigenvalue weighted by Crippen LogP contribution is -2.69. The minimum Gasteiger partial charge on any atom is -0.459 e. The van der Waals surface area contributed by atoms with Crippen LogP contribution in [0.5, 0.6) is 0 Å². The quantitative estimate of drug-likeness (QED) is 0.150. The van der Waals surface area contributed by atoms with E-state index in [0.29, 0.717) is 12.8 Å². The van der Waals surface area contributed by atoms with Crippen LogP contribution in [0, 0.1) is 16.7 Å². The van der Waals surface area contributed by atoms with Crippen molar-refractivity contribution < 1.29 is 61.5 Å². The number of ether oxygens (including phenoxy) is 8. The number of alkyl halides is 6. The largest absolute Gasteiger partial charge is 0.459 e. The van der Waals surface area contributed by atoms with Crippen LogP contribution in [0.25, 0.3) is 0 Å². The molecule has 4 aliphatic heterocycles. The first-order valence-corrected chi connectivity index (χ1v) is 26.2. The van der Waals surface area contributed by atoms with Crippen molar-refractivity contribution in [3.63, 3.8) is 0 Å². The van der Waals surface area contributed by atoms with E-state index in [-0.39, 0.29) is 71.5 Å². The van der Waals surface area contributed by atoms with E-state index >= 15 is 0 Å². The predicted octanol–water partition coefficient (Wildman–Crippen LogP) is 8.71. The van der Waals surface area contributed by atoms with Crippen LogP contribution in [0.4, 0.5) is 0 Å². The molecule has 4 saturated heterocycles. The number of halogens is 6. The molecule has 0 bridgehead atoms. The van der Waals surface area contributed by atoms with Gasteiger partial charge >= 0.3 is 5.97 Å². The first kappa shape index (κ1) is 51.5. The summed E-state index contributed by atoms with van der Waals surface area (Å²) in [5, 5.41) is 0.0850. The van der Waals surface area contributed by atoms with Crippen LogP contribution in [0.2, 0.25) is 18.1 Å². The Bertz CT molecular complexity index is 1850. The number of hydrogen-bond acceptors (Lipinski definition) is 13. The topological polar surface area (TPSA) is 151 Å². The van der Waals surface area contributed by atoms with Gasteiger partial charge < -0.3 is 42.3 Å². The summed E-state index contributed by atoms with van der Waals surface area (Å²) in [6.07, 6.45) is -1.87. The Kier molecular flexibility index (Phi) is 13.2. The van der Waals surface area contributed by atoms with Gasteiger partial charge in [0.2, 0.25) is 8.67 Å². The monoisotopic (exact) mass is 1010 g/mol. The number of hydrogen-bond donors (Lipinski definition) is 0. The van der Waals surface area contributed by atoms with E-state index in [1.54, 1.807) is 41.5 Å². The minimum atomic E-state index is -2.00. The van der Waals surface area contributed by atoms with E-state index in [1.165, 1.54) is 7.11 Å². The van der Waals surface area contributed by atoms with Crippen LogP contribution in [0.3, 0.4) is 0 Å². The van der Waals surface area contributed by atoms with Crippen molar-refractivity contribution in [1.82, 2.24) is 0 Å². The molecule has 13 nitrogen and oxygen atoms in total. The van der Waals surface area contributed by atoms with Crippen LogP contribution >= 0.6 is 69.6 Å². The zero-order valence-corrected chi connectivity index (χ0v) is 43.6. The summed E-state index contributed by atoms with van der Waals surface area (Å²) in [6.45, 7) is 27.4. The second kappa shape index (κ2) is 15.8. The van der Waals surface area contributed by atoms with Crippen molar-refractivity contribution in [1.29, 1.82) is 0 Å². The minimum absolute atomic E-state index is 0.0850. The smallest absolute Gasteiger partial charge is 0.311 e. The van der Waals surface area contributed by atoms with Gasteiger partial charge in [0.15, 0.2) is 47.9 Å². The summed E-state index contributed by atoms with van der Waals surface area (Å²) < 4.78 is 48.2. The van der Waals surface area contributed by atoms with E-state index in [0.717, 1.165) is 0 Å². The third-order valence-electron chi connectivity index (χ3n) is 14.3. The van der Waals surface area contributed by atoms with Gasteiger partial charge in [-0.1, -0.05) is 97.3 Å². The molecule has 0 aromatic heterocycles. The summed E-state index contributed by atoms with van der Waals surface area (Å²) in [5.74, 6) is -2.69. The van der Waals surface area contributed by atoms with E-state index in [1.807, 2.05) is 20.8 Å². The third-order valence-corrected chi connectivity index (χ3v) is 22.1. The Labute approximate surface area is 396 Å². The molecule has 8 aliphatic rings. The van der Waals surface area contributed by atoms with Gasteiger partial charge in [-0.2, -0.15) is 0 Å². The Balaban J connectivity index is 0.000000157. The van der Waals surface area contributed by atoms with Crippen LogP contribution in [0.15, 0.2) is 0 Å². The molecule has 4 saturated carbocycles. The molecule has 8 fully saturated rings. The SMILES string of the molecule is CC1(C)O[C@H]2[C@@H](O[Si](C)(C)C(C)(C)C)C[C@@]3(CC(=O)C3(Cl)Cl)[C@H]2O1.CO[C@@H]1O[C@@]2(CC(=O)C2(Cl)Cl)[C@H]2OC(C)(C)O[C@@H]12.C[C@@H]1O[C@@]2(CC(=O)C2(Cl)Cl)[C@@H](C)C1OC(=O)C(C)(C)C. The summed E-state index contributed by atoms with van der Waals surface area (Å²) in [5.41, 5.74) is -3.23. The molecule has 0 N–H and O–H groups in total. The van der Waals surface area contributed by atoms with Crippen LogP contribution in [-0.4, -0.2) is 124 Å². The van der Waals surface area contributed by atoms with Gasteiger partial charge in [-0.3, -0.25) is 19.2 Å². The van der Waals surface area contributed by atoms with Crippen molar-refractivity contribution in [2.24, 2.45) is 16.7 Å². The molecule has 8 rings (SSSR count). The zero-order chi connectivity index (χ0) is 47.2. The lowest BCUT2D eigenvalue weighted by atomic mass is 9.64. The van der Waals surface area contributed by atoms with Crippen molar-refractivity contribution in [2.75, 3.05) is 7.11 Å². The average molecular weight is 1020 g/mol. The summed E-state index contributed by atoms with van der Waals surface area (Å²) in [4.78, 5) is 47.2. The first-order chi connectivity index (χ1) is 27.8. The Morgan fingerprint density at radius 3 is 1.60 bits per heavy atom. The van der Waals surface area contributed by atoms with Crippen molar-refractivity contribution in [2.45, 2.75) is 212 Å². The fourth-order valence-electron chi connectivity index (χ4n) is 9.59. The molecule has 0 aromatic carbocycles. The van der Waals surface area contributed by atoms with Gasteiger partial charge in [0, 0.05) is 37.7 Å². The van der Waals surface area contributed by atoms with E-state index < -0.39 is 79.5 Å². The van der Waals surface area contributed by atoms with Gasteiger partial charge in [0.1, 0.15) is 35.6 Å². The number of esters is 1. The number of carbonyl (C=O) groups is 4. The highest BCUT2D eigenvalue weighted by Gasteiger charge is 2.79. The maximum atomic E-state index is 12.0. The molecule has 354 valence electrons.